The molecule has 0 heterocycles. The Morgan fingerprint density at radius 3 is 2.57 bits per heavy atom. The summed E-state index contributed by atoms with van der Waals surface area (Å²) in [4.78, 5) is 4.17. The fourth-order valence-corrected chi connectivity index (χ4v) is 1.73. The standard InChI is InChI=1S/C15H25N3O2.HI/c1-4-19-11-10-17-15(16-3)18-12-13-8-6-7-9-14(13)20-5-2;/h6-9H,4-5,10-12H2,1-3H3,(H2,16,17,18);1H. The SMILES string of the molecule is CCOCCNC(=NC)NCc1ccccc1OCC.I. The predicted molar refractivity (Wildman–Crippen MR) is 97.7 cm³/mol. The molecule has 120 valence electrons. The Hall–Kier alpha value is -1.02. The van der Waals surface area contributed by atoms with Crippen LogP contribution >= 0.6 is 24.0 Å². The summed E-state index contributed by atoms with van der Waals surface area (Å²) >= 11 is 0. The number of nitrogens with one attached hydrogen (secondary N) is 2. The van der Waals surface area contributed by atoms with Gasteiger partial charge in [-0.15, -0.1) is 24.0 Å². The van der Waals surface area contributed by atoms with Crippen LogP contribution < -0.4 is 15.4 Å². The highest BCUT2D eigenvalue weighted by Gasteiger charge is 2.03. The van der Waals surface area contributed by atoms with Crippen molar-refractivity contribution in [2.45, 2.75) is 20.4 Å². The molecule has 1 rings (SSSR count). The van der Waals surface area contributed by atoms with Gasteiger partial charge in [-0.2, -0.15) is 0 Å². The van der Waals surface area contributed by atoms with E-state index < -0.39 is 0 Å². The molecule has 0 radical (unpaired) electrons. The molecule has 0 amide bonds. The molecular weight excluding hydrogens is 381 g/mol. The van der Waals surface area contributed by atoms with Crippen LogP contribution in [0.1, 0.15) is 19.4 Å². The van der Waals surface area contributed by atoms with Crippen LogP contribution in [0.4, 0.5) is 0 Å². The minimum Gasteiger partial charge on any atom is -0.494 e. The van der Waals surface area contributed by atoms with Gasteiger partial charge < -0.3 is 20.1 Å². The van der Waals surface area contributed by atoms with E-state index in [2.05, 4.69) is 15.6 Å². The van der Waals surface area contributed by atoms with Crippen LogP contribution in [-0.2, 0) is 11.3 Å². The van der Waals surface area contributed by atoms with Crippen LogP contribution in [0.5, 0.6) is 5.75 Å². The van der Waals surface area contributed by atoms with Gasteiger partial charge in [-0.1, -0.05) is 18.2 Å². The Balaban J connectivity index is 0.00000400. The molecule has 0 aliphatic rings. The Labute approximate surface area is 144 Å². The van der Waals surface area contributed by atoms with E-state index >= 15 is 0 Å². The van der Waals surface area contributed by atoms with Gasteiger partial charge in [0.1, 0.15) is 5.75 Å². The summed E-state index contributed by atoms with van der Waals surface area (Å²) in [7, 11) is 1.75. The second kappa shape index (κ2) is 12.7. The molecule has 0 atom stereocenters. The number of para-hydroxylation sites is 1. The summed E-state index contributed by atoms with van der Waals surface area (Å²) in [6, 6.07) is 8.01. The van der Waals surface area contributed by atoms with Gasteiger partial charge in [0, 0.05) is 32.3 Å². The Morgan fingerprint density at radius 1 is 1.14 bits per heavy atom. The summed E-state index contributed by atoms with van der Waals surface area (Å²) < 4.78 is 10.9. The smallest absolute Gasteiger partial charge is 0.191 e. The Bertz CT molecular complexity index is 414. The first-order valence-electron chi connectivity index (χ1n) is 7.04. The quantitative estimate of drug-likeness (QED) is 0.301. The van der Waals surface area contributed by atoms with Crippen molar-refractivity contribution >= 4 is 29.9 Å². The van der Waals surface area contributed by atoms with Gasteiger partial charge in [0.2, 0.25) is 0 Å². The van der Waals surface area contributed by atoms with Gasteiger partial charge in [-0.05, 0) is 19.9 Å². The van der Waals surface area contributed by atoms with Crippen LogP contribution in [0.25, 0.3) is 0 Å². The van der Waals surface area contributed by atoms with Crippen molar-refractivity contribution in [2.75, 3.05) is 33.4 Å². The lowest BCUT2D eigenvalue weighted by atomic mass is 10.2. The number of halogens is 1. The first-order chi connectivity index (χ1) is 9.81. The van der Waals surface area contributed by atoms with Crippen molar-refractivity contribution in [3.8, 4) is 5.75 Å². The van der Waals surface area contributed by atoms with Gasteiger partial charge >= 0.3 is 0 Å². The zero-order chi connectivity index (χ0) is 14.6. The number of guanidine groups is 1. The summed E-state index contributed by atoms with van der Waals surface area (Å²) in [5, 5.41) is 6.46. The topological polar surface area (TPSA) is 54.9 Å². The summed E-state index contributed by atoms with van der Waals surface area (Å²) in [5.74, 6) is 1.67. The van der Waals surface area contributed by atoms with Crippen molar-refractivity contribution in [1.29, 1.82) is 0 Å². The molecular formula is C15H26IN3O2. The minimum absolute atomic E-state index is 0. The molecule has 1 aromatic carbocycles. The average molecular weight is 407 g/mol. The normalized spacial score (nSPS) is 10.7. The van der Waals surface area contributed by atoms with E-state index in [-0.39, 0.29) is 24.0 Å². The van der Waals surface area contributed by atoms with Gasteiger partial charge in [-0.25, -0.2) is 0 Å². The number of aliphatic imine (C=N–C) groups is 1. The van der Waals surface area contributed by atoms with Crippen molar-refractivity contribution < 1.29 is 9.47 Å². The molecule has 6 heteroatoms. The first-order valence-corrected chi connectivity index (χ1v) is 7.04. The lowest BCUT2D eigenvalue weighted by molar-refractivity contribution is 0.152. The molecule has 0 aliphatic heterocycles. The number of nitrogens with zero attached hydrogens (tertiary/aromatic N) is 1. The van der Waals surface area contributed by atoms with Crippen molar-refractivity contribution in [3.05, 3.63) is 29.8 Å². The van der Waals surface area contributed by atoms with Gasteiger partial charge in [0.25, 0.3) is 0 Å². The maximum Gasteiger partial charge on any atom is 0.191 e. The number of hydrogen-bond donors (Lipinski definition) is 2. The van der Waals surface area contributed by atoms with Crippen LogP contribution in [0.2, 0.25) is 0 Å². The minimum atomic E-state index is 0. The van der Waals surface area contributed by atoms with E-state index in [4.69, 9.17) is 9.47 Å². The summed E-state index contributed by atoms with van der Waals surface area (Å²) in [5.41, 5.74) is 1.11. The largest absolute Gasteiger partial charge is 0.494 e. The first kappa shape index (κ1) is 20.0. The molecule has 2 N–H and O–H groups in total. The van der Waals surface area contributed by atoms with Crippen molar-refractivity contribution in [3.63, 3.8) is 0 Å². The average Bonchev–Trinajstić information content (AvgIpc) is 2.48. The van der Waals surface area contributed by atoms with E-state index in [0.717, 1.165) is 30.4 Å². The zero-order valence-electron chi connectivity index (χ0n) is 13.0. The van der Waals surface area contributed by atoms with Gasteiger partial charge in [0.15, 0.2) is 5.96 Å². The van der Waals surface area contributed by atoms with Crippen molar-refractivity contribution in [2.24, 2.45) is 4.99 Å². The number of rotatable bonds is 8. The molecule has 0 spiro atoms. The summed E-state index contributed by atoms with van der Waals surface area (Å²) in [6.45, 7) is 7.45. The lowest BCUT2D eigenvalue weighted by Crippen LogP contribution is -2.38. The molecule has 21 heavy (non-hydrogen) atoms. The molecule has 1 aromatic rings. The van der Waals surface area contributed by atoms with Crippen LogP contribution in [0.3, 0.4) is 0 Å². The van der Waals surface area contributed by atoms with Crippen LogP contribution in [-0.4, -0.2) is 39.4 Å². The van der Waals surface area contributed by atoms with Gasteiger partial charge in [0.05, 0.1) is 13.2 Å². The fraction of sp³-hybridized carbons (Fsp3) is 0.533. The summed E-state index contributed by atoms with van der Waals surface area (Å²) in [6.07, 6.45) is 0. The van der Waals surface area contributed by atoms with Crippen LogP contribution in [0.15, 0.2) is 29.3 Å². The molecule has 0 bridgehead atoms. The monoisotopic (exact) mass is 407 g/mol. The molecule has 0 fully saturated rings. The molecule has 0 aromatic heterocycles. The van der Waals surface area contributed by atoms with Gasteiger partial charge in [-0.3, -0.25) is 4.99 Å². The van der Waals surface area contributed by atoms with E-state index in [0.29, 0.717) is 19.8 Å². The highest BCUT2D eigenvalue weighted by molar-refractivity contribution is 14.0. The zero-order valence-corrected chi connectivity index (χ0v) is 15.3. The van der Waals surface area contributed by atoms with E-state index in [1.807, 2.05) is 38.1 Å². The molecule has 5 nitrogen and oxygen atoms in total. The number of benzene rings is 1. The molecule has 0 unspecified atom stereocenters. The Kier molecular flexibility index (Phi) is 12.1. The van der Waals surface area contributed by atoms with Crippen molar-refractivity contribution in [1.82, 2.24) is 10.6 Å². The third-order valence-electron chi connectivity index (χ3n) is 2.69. The number of ether oxygens (including phenoxy) is 2. The van der Waals surface area contributed by atoms with E-state index in [1.165, 1.54) is 0 Å². The third kappa shape index (κ3) is 8.11. The van der Waals surface area contributed by atoms with Crippen LogP contribution in [0, 0.1) is 0 Å². The lowest BCUT2D eigenvalue weighted by Gasteiger charge is -2.14. The highest BCUT2D eigenvalue weighted by Crippen LogP contribution is 2.17. The maximum atomic E-state index is 5.60. The van der Waals surface area contributed by atoms with E-state index in [9.17, 15) is 0 Å². The Morgan fingerprint density at radius 2 is 1.90 bits per heavy atom. The second-order valence-electron chi connectivity index (χ2n) is 4.09. The maximum absolute atomic E-state index is 5.60. The highest BCUT2D eigenvalue weighted by atomic mass is 127. The second-order valence-corrected chi connectivity index (χ2v) is 4.09. The molecule has 0 saturated carbocycles. The fourth-order valence-electron chi connectivity index (χ4n) is 1.73. The molecule has 0 saturated heterocycles. The third-order valence-corrected chi connectivity index (χ3v) is 2.69. The predicted octanol–water partition coefficient (Wildman–Crippen LogP) is 2.40. The molecule has 0 aliphatic carbocycles. The number of hydrogen-bond acceptors (Lipinski definition) is 3. The van der Waals surface area contributed by atoms with E-state index in [1.54, 1.807) is 7.05 Å².